The van der Waals surface area contributed by atoms with E-state index < -0.39 is 23.5 Å². The summed E-state index contributed by atoms with van der Waals surface area (Å²) in [5.41, 5.74) is -2.34. The molecule has 1 rings (SSSR count). The first kappa shape index (κ1) is 16.1. The van der Waals surface area contributed by atoms with Gasteiger partial charge in [-0.3, -0.25) is 0 Å². The van der Waals surface area contributed by atoms with Crippen molar-refractivity contribution in [3.05, 3.63) is 35.9 Å². The van der Waals surface area contributed by atoms with Crippen molar-refractivity contribution in [2.45, 2.75) is 38.2 Å². The maximum Gasteiger partial charge on any atom is 0.338 e. The van der Waals surface area contributed by atoms with Crippen molar-refractivity contribution in [2.24, 2.45) is 0 Å². The van der Waals surface area contributed by atoms with Crippen LogP contribution in [0.1, 0.15) is 37.0 Å². The zero-order valence-electron chi connectivity index (χ0n) is 11.2. The van der Waals surface area contributed by atoms with Gasteiger partial charge >= 0.3 is 11.9 Å². The number of hydrogen-bond acceptors (Lipinski definition) is 4. The fourth-order valence-electron chi connectivity index (χ4n) is 1.90. The highest BCUT2D eigenvalue weighted by Crippen LogP contribution is 2.38. The number of benzene rings is 1. The first-order valence-corrected chi connectivity index (χ1v) is 6.18. The van der Waals surface area contributed by atoms with Crippen LogP contribution in [0.15, 0.2) is 30.3 Å². The van der Waals surface area contributed by atoms with Crippen LogP contribution in [0.5, 0.6) is 0 Å². The molecule has 0 saturated carbocycles. The van der Waals surface area contributed by atoms with Gasteiger partial charge in [0.25, 0.3) is 0 Å². The molecule has 20 heavy (non-hydrogen) atoms. The van der Waals surface area contributed by atoms with E-state index in [0.717, 1.165) is 0 Å². The van der Waals surface area contributed by atoms with E-state index >= 15 is 0 Å². The van der Waals surface area contributed by atoms with Crippen LogP contribution in [-0.2, 0) is 9.53 Å². The molecule has 0 N–H and O–H groups in total. The quantitative estimate of drug-likeness (QED) is 0.747. The molecule has 0 heterocycles. The third-order valence-corrected chi connectivity index (χ3v) is 3.27. The number of halogens is 2. The van der Waals surface area contributed by atoms with Crippen LogP contribution in [0.4, 0.5) is 8.78 Å². The van der Waals surface area contributed by atoms with Crippen LogP contribution in [0.25, 0.3) is 0 Å². The topological polar surface area (TPSA) is 66.4 Å². The Morgan fingerprint density at radius 2 is 1.65 bits per heavy atom. The molecule has 0 bridgehead atoms. The second-order valence-corrected chi connectivity index (χ2v) is 4.32. The number of carbonyl (C=O) groups excluding carboxylic acids is 2. The van der Waals surface area contributed by atoms with Crippen molar-refractivity contribution in [1.82, 2.24) is 0 Å². The summed E-state index contributed by atoms with van der Waals surface area (Å²) in [6.07, 6.45) is -0.688. The molecule has 0 aliphatic rings. The summed E-state index contributed by atoms with van der Waals surface area (Å²) in [5, 5.41) is 10.7. The van der Waals surface area contributed by atoms with Gasteiger partial charge in [0.15, 0.2) is 5.60 Å². The highest BCUT2D eigenvalue weighted by Gasteiger charge is 2.56. The lowest BCUT2D eigenvalue weighted by atomic mass is 9.89. The average Bonchev–Trinajstić information content (AvgIpc) is 2.45. The molecule has 0 spiro atoms. The smallest absolute Gasteiger partial charge is 0.338 e. The summed E-state index contributed by atoms with van der Waals surface area (Å²) in [6, 6.07) is 7.55. The maximum atomic E-state index is 13.8. The van der Waals surface area contributed by atoms with Crippen molar-refractivity contribution in [3.8, 4) is 0 Å². The van der Waals surface area contributed by atoms with E-state index in [0.29, 0.717) is 0 Å². The van der Waals surface area contributed by atoms with Crippen LogP contribution < -0.4 is 5.11 Å². The molecular weight excluding hydrogens is 270 g/mol. The fourth-order valence-corrected chi connectivity index (χ4v) is 1.90. The molecule has 0 aliphatic heterocycles. The van der Waals surface area contributed by atoms with Crippen molar-refractivity contribution < 1.29 is 28.2 Å². The van der Waals surface area contributed by atoms with Crippen LogP contribution in [-0.4, -0.2) is 23.5 Å². The molecule has 0 amide bonds. The Bertz CT molecular complexity index is 481. The Morgan fingerprint density at radius 1 is 1.15 bits per heavy atom. The summed E-state index contributed by atoms with van der Waals surface area (Å²) < 4.78 is 32.4. The number of rotatable bonds is 6. The van der Waals surface area contributed by atoms with Crippen LogP contribution in [0.2, 0.25) is 0 Å². The molecule has 0 unspecified atom stereocenters. The number of carbonyl (C=O) groups is 2. The first-order valence-electron chi connectivity index (χ1n) is 6.18. The Kier molecular flexibility index (Phi) is 4.81. The maximum absolute atomic E-state index is 13.8. The van der Waals surface area contributed by atoms with Gasteiger partial charge in [0.05, 0.1) is 5.56 Å². The number of aliphatic carboxylic acids is 1. The minimum absolute atomic E-state index is 0.0768. The van der Waals surface area contributed by atoms with Gasteiger partial charge in [-0.25, -0.2) is 4.79 Å². The van der Waals surface area contributed by atoms with Gasteiger partial charge in [0.2, 0.25) is 0 Å². The molecule has 0 aromatic heterocycles. The lowest BCUT2D eigenvalue weighted by Crippen LogP contribution is -2.59. The number of alkyl halides is 2. The molecule has 0 radical (unpaired) electrons. The zero-order valence-corrected chi connectivity index (χ0v) is 11.2. The highest BCUT2D eigenvalue weighted by atomic mass is 19.3. The third-order valence-electron chi connectivity index (χ3n) is 3.27. The predicted octanol–water partition coefficient (Wildman–Crippen LogP) is 1.79. The summed E-state index contributed by atoms with van der Waals surface area (Å²) in [4.78, 5) is 22.5. The third kappa shape index (κ3) is 2.79. The largest absolute Gasteiger partial charge is 0.544 e. The van der Waals surface area contributed by atoms with E-state index in [4.69, 9.17) is 4.74 Å². The minimum Gasteiger partial charge on any atom is -0.544 e. The van der Waals surface area contributed by atoms with Gasteiger partial charge in [-0.05, 0) is 25.0 Å². The molecular formula is C14H15F2O4-. The van der Waals surface area contributed by atoms with Gasteiger partial charge in [-0.15, -0.1) is 0 Å². The van der Waals surface area contributed by atoms with Crippen molar-refractivity contribution in [3.63, 3.8) is 0 Å². The summed E-state index contributed by atoms with van der Waals surface area (Å²) in [6.45, 7) is 2.66. The van der Waals surface area contributed by atoms with E-state index in [1.165, 1.54) is 26.0 Å². The van der Waals surface area contributed by atoms with Gasteiger partial charge < -0.3 is 14.6 Å². The van der Waals surface area contributed by atoms with E-state index in [-0.39, 0.29) is 18.4 Å². The molecule has 0 aliphatic carbocycles. The van der Waals surface area contributed by atoms with Gasteiger partial charge in [0.1, 0.15) is 5.97 Å². The zero-order chi connectivity index (χ0) is 15.4. The molecule has 6 heteroatoms. The molecule has 0 fully saturated rings. The lowest BCUT2D eigenvalue weighted by Gasteiger charge is -2.38. The second-order valence-electron chi connectivity index (χ2n) is 4.32. The Morgan fingerprint density at radius 3 is 2.05 bits per heavy atom. The lowest BCUT2D eigenvalue weighted by molar-refractivity contribution is -0.344. The fraction of sp³-hybridized carbons (Fsp3) is 0.429. The monoisotopic (exact) mass is 285 g/mol. The highest BCUT2D eigenvalue weighted by molar-refractivity contribution is 5.90. The minimum atomic E-state index is -4.26. The molecule has 0 saturated heterocycles. The number of ether oxygens (including phenoxy) is 1. The van der Waals surface area contributed by atoms with E-state index in [2.05, 4.69) is 0 Å². The molecule has 1 aromatic carbocycles. The first-order chi connectivity index (χ1) is 9.30. The Hall–Kier alpha value is -1.98. The average molecular weight is 285 g/mol. The summed E-state index contributed by atoms with van der Waals surface area (Å²) >= 11 is 0. The molecule has 110 valence electrons. The molecule has 4 nitrogen and oxygen atoms in total. The summed E-state index contributed by atoms with van der Waals surface area (Å²) in [7, 11) is 0. The second kappa shape index (κ2) is 5.98. The summed E-state index contributed by atoms with van der Waals surface area (Å²) in [5.74, 6) is -7.81. The van der Waals surface area contributed by atoms with Crippen LogP contribution >= 0.6 is 0 Å². The van der Waals surface area contributed by atoms with Gasteiger partial charge in [0, 0.05) is 0 Å². The molecule has 1 aromatic rings. The van der Waals surface area contributed by atoms with Crippen molar-refractivity contribution >= 4 is 11.9 Å². The van der Waals surface area contributed by atoms with Gasteiger partial charge in [-0.2, -0.15) is 8.78 Å². The van der Waals surface area contributed by atoms with E-state index in [1.807, 2.05) is 0 Å². The van der Waals surface area contributed by atoms with E-state index in [1.54, 1.807) is 18.2 Å². The Balaban J connectivity index is 3.10. The standard InChI is InChI=1S/C14H16F2O4/c1-3-13(4-2,14(15,16)12(18)19)20-11(17)10-8-6-5-7-9-10/h5-9H,3-4H2,1-2H3,(H,18,19)/p-1. The van der Waals surface area contributed by atoms with Crippen molar-refractivity contribution in [1.29, 1.82) is 0 Å². The normalized spacial score (nSPS) is 12.0. The van der Waals surface area contributed by atoms with E-state index in [9.17, 15) is 23.5 Å². The number of carboxylic acid groups (broad SMARTS) is 1. The van der Waals surface area contributed by atoms with Crippen LogP contribution in [0, 0.1) is 0 Å². The van der Waals surface area contributed by atoms with Crippen molar-refractivity contribution in [2.75, 3.05) is 0 Å². The van der Waals surface area contributed by atoms with Gasteiger partial charge in [-0.1, -0.05) is 32.0 Å². The number of esters is 1. The predicted molar refractivity (Wildman–Crippen MR) is 65.1 cm³/mol. The number of hydrogen-bond donors (Lipinski definition) is 0. The SMILES string of the molecule is CCC(CC)(OC(=O)c1ccccc1)C(F)(F)C(=O)[O-]. The van der Waals surface area contributed by atoms with Crippen LogP contribution in [0.3, 0.4) is 0 Å². The Labute approximate surface area is 115 Å². The molecule has 0 atom stereocenters. The number of carboxylic acids is 1.